The Balaban J connectivity index is 2.09. The van der Waals surface area contributed by atoms with E-state index in [1.54, 1.807) is 19.4 Å². The summed E-state index contributed by atoms with van der Waals surface area (Å²) in [6, 6.07) is 3.67. The molecule has 1 N–H and O–H groups in total. The Kier molecular flexibility index (Phi) is 4.65. The van der Waals surface area contributed by atoms with Crippen LogP contribution >= 0.6 is 11.6 Å². The van der Waals surface area contributed by atoms with E-state index < -0.39 is 0 Å². The lowest BCUT2D eigenvalue weighted by Gasteiger charge is -2.09. The summed E-state index contributed by atoms with van der Waals surface area (Å²) < 4.78 is 5.00. The summed E-state index contributed by atoms with van der Waals surface area (Å²) in [7, 11) is 1.59. The van der Waals surface area contributed by atoms with Crippen molar-refractivity contribution in [2.75, 3.05) is 12.4 Å². The molecule has 0 radical (unpaired) electrons. The van der Waals surface area contributed by atoms with Gasteiger partial charge in [-0.2, -0.15) is 0 Å². The fraction of sp³-hybridized carbons (Fsp3) is 0.308. The molecule has 0 bridgehead atoms. The minimum absolute atomic E-state index is 0.337. The second-order valence-corrected chi connectivity index (χ2v) is 4.47. The highest BCUT2D eigenvalue weighted by Gasteiger charge is 2.04. The highest BCUT2D eigenvalue weighted by Crippen LogP contribution is 2.14. The molecular formula is C13H15ClN4O. The zero-order chi connectivity index (χ0) is 13.7. The lowest BCUT2D eigenvalue weighted by atomic mass is 10.1. The summed E-state index contributed by atoms with van der Waals surface area (Å²) >= 11 is 5.94. The van der Waals surface area contributed by atoms with E-state index >= 15 is 0 Å². The Morgan fingerprint density at radius 1 is 1.37 bits per heavy atom. The van der Waals surface area contributed by atoms with Crippen LogP contribution < -0.4 is 5.32 Å². The molecule has 0 amide bonds. The van der Waals surface area contributed by atoms with Gasteiger partial charge in [-0.1, -0.05) is 11.6 Å². The van der Waals surface area contributed by atoms with Crippen molar-refractivity contribution in [3.63, 3.8) is 0 Å². The van der Waals surface area contributed by atoms with E-state index in [1.807, 2.05) is 19.2 Å². The number of aryl methyl sites for hydroxylation is 1. The highest BCUT2D eigenvalue weighted by molar-refractivity contribution is 6.29. The van der Waals surface area contributed by atoms with E-state index in [0.29, 0.717) is 29.9 Å². The van der Waals surface area contributed by atoms with Gasteiger partial charge >= 0.3 is 0 Å². The van der Waals surface area contributed by atoms with Crippen LogP contribution in [0.5, 0.6) is 0 Å². The molecule has 2 aromatic heterocycles. The molecule has 19 heavy (non-hydrogen) atoms. The molecule has 0 aliphatic carbocycles. The Hall–Kier alpha value is -1.72. The molecule has 6 heteroatoms. The average molecular weight is 279 g/mol. The molecule has 0 aromatic carbocycles. The molecule has 0 spiro atoms. The van der Waals surface area contributed by atoms with E-state index in [-0.39, 0.29) is 0 Å². The van der Waals surface area contributed by atoms with Crippen LogP contribution in [0.4, 0.5) is 5.82 Å². The van der Waals surface area contributed by atoms with Gasteiger partial charge in [-0.15, -0.1) is 0 Å². The first-order chi connectivity index (χ1) is 9.19. The van der Waals surface area contributed by atoms with E-state index in [2.05, 4.69) is 20.3 Å². The normalized spacial score (nSPS) is 10.5. The molecule has 0 unspecified atom stereocenters. The van der Waals surface area contributed by atoms with Crippen LogP contribution in [0.3, 0.4) is 0 Å². The molecule has 0 atom stereocenters. The average Bonchev–Trinajstić information content (AvgIpc) is 2.37. The maximum absolute atomic E-state index is 5.94. The molecule has 0 saturated heterocycles. The van der Waals surface area contributed by atoms with Gasteiger partial charge in [-0.25, -0.2) is 9.97 Å². The van der Waals surface area contributed by atoms with Crippen molar-refractivity contribution in [3.05, 3.63) is 46.6 Å². The van der Waals surface area contributed by atoms with Crippen LogP contribution in [0.25, 0.3) is 0 Å². The summed E-state index contributed by atoms with van der Waals surface area (Å²) in [4.78, 5) is 12.5. The number of pyridine rings is 1. The third-order valence-electron chi connectivity index (χ3n) is 2.61. The summed E-state index contributed by atoms with van der Waals surface area (Å²) in [5.41, 5.74) is 2.30. The highest BCUT2D eigenvalue weighted by atomic mass is 35.5. The Morgan fingerprint density at radius 3 is 2.95 bits per heavy atom. The van der Waals surface area contributed by atoms with Crippen molar-refractivity contribution in [2.24, 2.45) is 0 Å². The van der Waals surface area contributed by atoms with Crippen LogP contribution in [-0.4, -0.2) is 22.1 Å². The van der Waals surface area contributed by atoms with Gasteiger partial charge in [0.25, 0.3) is 0 Å². The number of methoxy groups -OCH3 is 1. The third kappa shape index (κ3) is 3.87. The third-order valence-corrected chi connectivity index (χ3v) is 2.80. The van der Waals surface area contributed by atoms with Crippen LogP contribution in [0.1, 0.15) is 17.0 Å². The molecule has 2 rings (SSSR count). The first kappa shape index (κ1) is 13.7. The topological polar surface area (TPSA) is 59.9 Å². The molecule has 0 fully saturated rings. The Labute approximate surface area is 117 Å². The molecule has 2 aromatic rings. The molecule has 2 heterocycles. The van der Waals surface area contributed by atoms with Crippen LogP contribution in [0, 0.1) is 6.92 Å². The summed E-state index contributed by atoms with van der Waals surface area (Å²) in [5, 5.41) is 3.62. The van der Waals surface area contributed by atoms with E-state index in [0.717, 1.165) is 11.1 Å². The van der Waals surface area contributed by atoms with Gasteiger partial charge < -0.3 is 10.1 Å². The first-order valence-electron chi connectivity index (χ1n) is 5.85. The summed E-state index contributed by atoms with van der Waals surface area (Å²) in [6.45, 7) is 3.02. The molecule has 5 nitrogen and oxygen atoms in total. The first-order valence-corrected chi connectivity index (χ1v) is 6.22. The van der Waals surface area contributed by atoms with Crippen molar-refractivity contribution < 1.29 is 4.74 Å². The summed E-state index contributed by atoms with van der Waals surface area (Å²) in [5.74, 6) is 1.24. The fourth-order valence-corrected chi connectivity index (χ4v) is 1.84. The Bertz CT molecular complexity index is 562. The number of aromatic nitrogens is 3. The van der Waals surface area contributed by atoms with Crippen LogP contribution in [0.15, 0.2) is 24.5 Å². The second-order valence-electron chi connectivity index (χ2n) is 4.08. The predicted octanol–water partition coefficient (Wildman–Crippen LogP) is 2.59. The Morgan fingerprint density at radius 2 is 2.21 bits per heavy atom. The molecule has 0 aliphatic heterocycles. The smallest absolute Gasteiger partial charge is 0.158 e. The quantitative estimate of drug-likeness (QED) is 0.852. The van der Waals surface area contributed by atoms with Gasteiger partial charge in [0.15, 0.2) is 5.82 Å². The number of ether oxygens (including phenoxy) is 1. The summed E-state index contributed by atoms with van der Waals surface area (Å²) in [6.07, 6.45) is 3.60. The van der Waals surface area contributed by atoms with Crippen molar-refractivity contribution >= 4 is 17.4 Å². The van der Waals surface area contributed by atoms with Crippen molar-refractivity contribution in [1.82, 2.24) is 15.0 Å². The maximum Gasteiger partial charge on any atom is 0.158 e. The number of nitrogens with one attached hydrogen (secondary N) is 1. The standard InChI is InChI=1S/C13H15ClN4O/c1-9-6-15-4-3-10(9)7-16-12-5-11(14)17-13(18-12)8-19-2/h3-6H,7-8H2,1-2H3,(H,16,17,18). The van der Waals surface area contributed by atoms with Gasteiger partial charge in [-0.3, -0.25) is 4.98 Å². The molecule has 100 valence electrons. The van der Waals surface area contributed by atoms with E-state index in [4.69, 9.17) is 16.3 Å². The van der Waals surface area contributed by atoms with Gasteiger partial charge in [0, 0.05) is 32.1 Å². The van der Waals surface area contributed by atoms with Crippen molar-refractivity contribution in [1.29, 1.82) is 0 Å². The number of nitrogens with zero attached hydrogens (tertiary/aromatic N) is 3. The largest absolute Gasteiger partial charge is 0.377 e. The number of anilines is 1. The van der Waals surface area contributed by atoms with Gasteiger partial charge in [0.05, 0.1) is 0 Å². The number of halogens is 1. The predicted molar refractivity (Wildman–Crippen MR) is 74.1 cm³/mol. The van der Waals surface area contributed by atoms with E-state index in [9.17, 15) is 0 Å². The molecule has 0 saturated carbocycles. The van der Waals surface area contributed by atoms with Gasteiger partial charge in [0.1, 0.15) is 17.6 Å². The van der Waals surface area contributed by atoms with E-state index in [1.165, 1.54) is 0 Å². The van der Waals surface area contributed by atoms with Crippen LogP contribution in [-0.2, 0) is 17.9 Å². The zero-order valence-electron chi connectivity index (χ0n) is 10.9. The number of hydrogen-bond donors (Lipinski definition) is 1. The molecular weight excluding hydrogens is 264 g/mol. The second kappa shape index (κ2) is 6.45. The SMILES string of the molecule is COCc1nc(Cl)cc(NCc2ccncc2C)n1. The van der Waals surface area contributed by atoms with Crippen molar-refractivity contribution in [2.45, 2.75) is 20.1 Å². The number of rotatable bonds is 5. The minimum atomic E-state index is 0.337. The van der Waals surface area contributed by atoms with Crippen LogP contribution in [0.2, 0.25) is 5.15 Å². The van der Waals surface area contributed by atoms with Gasteiger partial charge in [-0.05, 0) is 24.1 Å². The lowest BCUT2D eigenvalue weighted by Crippen LogP contribution is -2.06. The van der Waals surface area contributed by atoms with Gasteiger partial charge in [0.2, 0.25) is 0 Å². The lowest BCUT2D eigenvalue weighted by molar-refractivity contribution is 0.178. The monoisotopic (exact) mass is 278 g/mol. The molecule has 0 aliphatic rings. The zero-order valence-corrected chi connectivity index (χ0v) is 11.6. The maximum atomic E-state index is 5.94. The minimum Gasteiger partial charge on any atom is -0.377 e. The fourth-order valence-electron chi connectivity index (χ4n) is 1.64. The van der Waals surface area contributed by atoms with Crippen molar-refractivity contribution in [3.8, 4) is 0 Å². The number of hydrogen-bond acceptors (Lipinski definition) is 5.